The Bertz CT molecular complexity index is 168. The highest BCUT2D eigenvalue weighted by atomic mass is 31.2. The van der Waals surface area contributed by atoms with E-state index in [1.165, 1.54) is 6.16 Å². The molecule has 0 aromatic rings. The molecule has 0 rings (SSSR count). The molecule has 0 fully saturated rings. The molecule has 0 spiro atoms. The first kappa shape index (κ1) is 12.3. The Morgan fingerprint density at radius 3 is 1.75 bits per heavy atom. The minimum atomic E-state index is -0.896. The normalized spacial score (nSPS) is 19.7. The first-order valence-corrected chi connectivity index (χ1v) is 7.64. The van der Waals surface area contributed by atoms with E-state index in [0.717, 1.165) is 17.5 Å². The zero-order valence-electron chi connectivity index (χ0n) is 9.59. The summed E-state index contributed by atoms with van der Waals surface area (Å²) in [6.45, 7) is 13.1. The van der Waals surface area contributed by atoms with Gasteiger partial charge in [0.2, 0.25) is 0 Å². The quantitative estimate of drug-likeness (QED) is 0.589. The van der Waals surface area contributed by atoms with Crippen LogP contribution in [0.15, 0.2) is 0 Å². The minimum Gasteiger partial charge on any atom is -0.112 e. The second-order valence-corrected chi connectivity index (χ2v) is 9.18. The van der Waals surface area contributed by atoms with Crippen LogP contribution in [0.3, 0.4) is 0 Å². The third-order valence-corrected chi connectivity index (χ3v) is 6.86. The fourth-order valence-corrected chi connectivity index (χ4v) is 5.16. The fraction of sp³-hybridized carbons (Fsp3) is 0.909. The summed E-state index contributed by atoms with van der Waals surface area (Å²) in [7, 11) is 0. The average molecular weight is 188 g/mol. The van der Waals surface area contributed by atoms with Gasteiger partial charge in [0, 0.05) is 0 Å². The number of hydrogen-bond acceptors (Lipinski definition) is 0. The summed E-state index contributed by atoms with van der Waals surface area (Å²) in [4.78, 5) is 0. The van der Waals surface area contributed by atoms with Crippen molar-refractivity contribution in [2.24, 2.45) is 11.8 Å². The van der Waals surface area contributed by atoms with Gasteiger partial charge in [-0.05, 0) is 30.3 Å². The lowest BCUT2D eigenvalue weighted by molar-refractivity contribution is 0.627. The Labute approximate surface area is 78.7 Å². The summed E-state index contributed by atoms with van der Waals surface area (Å²) in [6, 6.07) is 0. The first-order valence-electron chi connectivity index (χ1n) is 4.97. The summed E-state index contributed by atoms with van der Waals surface area (Å²) < 4.78 is 0. The molecule has 74 valence electrons. The fourth-order valence-electron chi connectivity index (χ4n) is 1.72. The lowest BCUT2D eigenvalue weighted by Crippen LogP contribution is -2.15. The van der Waals surface area contributed by atoms with Gasteiger partial charge in [0.15, 0.2) is 0 Å². The first-order chi connectivity index (χ1) is 5.27. The molecule has 2 atom stereocenters. The van der Waals surface area contributed by atoms with Crippen molar-refractivity contribution >= 4 is 13.2 Å². The maximum absolute atomic E-state index is 4.44. The highest BCUT2D eigenvalue weighted by Crippen LogP contribution is 2.50. The van der Waals surface area contributed by atoms with Gasteiger partial charge in [0.25, 0.3) is 0 Å². The molecule has 0 N–H and O–H groups in total. The monoisotopic (exact) mass is 188 g/mol. The Hall–Kier alpha value is 0.300. The summed E-state index contributed by atoms with van der Waals surface area (Å²) >= 11 is 0. The lowest BCUT2D eigenvalue weighted by atomic mass is 10.2. The van der Waals surface area contributed by atoms with Gasteiger partial charge in [-0.25, -0.2) is 0 Å². The minimum absolute atomic E-state index is 0.791. The molecule has 0 heterocycles. The maximum atomic E-state index is 4.44. The molecule has 0 radical (unpaired) electrons. The zero-order chi connectivity index (χ0) is 9.94. The van der Waals surface area contributed by atoms with Crippen molar-refractivity contribution in [2.45, 2.75) is 40.3 Å². The molecule has 0 amide bonds. The van der Waals surface area contributed by atoms with Crippen molar-refractivity contribution in [1.82, 2.24) is 0 Å². The van der Waals surface area contributed by atoms with Gasteiger partial charge in [-0.1, -0.05) is 34.6 Å². The molecule has 0 saturated carbocycles. The van der Waals surface area contributed by atoms with Crippen LogP contribution in [0.4, 0.5) is 0 Å². The van der Waals surface area contributed by atoms with Crippen molar-refractivity contribution in [3.63, 3.8) is 0 Å². The third kappa shape index (κ3) is 3.81. The molecule has 0 saturated heterocycles. The zero-order valence-corrected chi connectivity index (χ0v) is 10.5. The lowest BCUT2D eigenvalue weighted by Gasteiger charge is -2.31. The topological polar surface area (TPSA) is 0 Å². The number of rotatable bonds is 4. The van der Waals surface area contributed by atoms with Crippen LogP contribution in [0.2, 0.25) is 0 Å². The van der Waals surface area contributed by atoms with Crippen molar-refractivity contribution < 1.29 is 0 Å². The molecule has 0 aromatic heterocycles. The summed E-state index contributed by atoms with van der Waals surface area (Å²) in [5.74, 6) is 1.60. The SMILES string of the molecule is C=P(C)(CC(C)C)C(C)C(C)C. The van der Waals surface area contributed by atoms with E-state index < -0.39 is 6.89 Å². The van der Waals surface area contributed by atoms with E-state index in [9.17, 15) is 0 Å². The average Bonchev–Trinajstić information content (AvgIpc) is 1.82. The van der Waals surface area contributed by atoms with Crippen LogP contribution in [0.25, 0.3) is 0 Å². The Morgan fingerprint density at radius 1 is 1.08 bits per heavy atom. The largest absolute Gasteiger partial charge is 0.112 e. The molecule has 12 heavy (non-hydrogen) atoms. The van der Waals surface area contributed by atoms with Crippen LogP contribution >= 0.6 is 6.89 Å². The third-order valence-electron chi connectivity index (χ3n) is 2.73. The van der Waals surface area contributed by atoms with Crippen LogP contribution in [-0.4, -0.2) is 24.8 Å². The molecule has 0 aliphatic heterocycles. The van der Waals surface area contributed by atoms with Crippen molar-refractivity contribution in [3.05, 3.63) is 0 Å². The standard InChI is InChI=1S/C11H25P/c1-9(2)8-12(6,7)11(5)10(3)4/h9-11H,6,8H2,1-5,7H3. The van der Waals surface area contributed by atoms with Crippen molar-refractivity contribution in [2.75, 3.05) is 12.8 Å². The van der Waals surface area contributed by atoms with E-state index in [2.05, 4.69) is 47.6 Å². The molecular weight excluding hydrogens is 163 g/mol. The molecule has 0 aromatic carbocycles. The molecule has 0 bridgehead atoms. The van der Waals surface area contributed by atoms with Gasteiger partial charge >= 0.3 is 0 Å². The van der Waals surface area contributed by atoms with Gasteiger partial charge in [-0.3, -0.25) is 0 Å². The van der Waals surface area contributed by atoms with Crippen molar-refractivity contribution in [1.29, 1.82) is 0 Å². The number of hydrogen-bond donors (Lipinski definition) is 0. The molecule has 0 aliphatic carbocycles. The molecular formula is C11H25P. The highest BCUT2D eigenvalue weighted by molar-refractivity contribution is 7.73. The molecule has 1 heteroatoms. The van der Waals surface area contributed by atoms with E-state index in [1.54, 1.807) is 0 Å². The Kier molecular flexibility index (Phi) is 4.62. The van der Waals surface area contributed by atoms with E-state index in [1.807, 2.05) is 0 Å². The van der Waals surface area contributed by atoms with E-state index in [4.69, 9.17) is 0 Å². The van der Waals surface area contributed by atoms with Crippen LogP contribution in [0.1, 0.15) is 34.6 Å². The smallest absolute Gasteiger partial charge is 0.0223 e. The van der Waals surface area contributed by atoms with Gasteiger partial charge in [-0.2, -0.15) is 0 Å². The predicted molar refractivity (Wildman–Crippen MR) is 64.0 cm³/mol. The Morgan fingerprint density at radius 2 is 1.50 bits per heavy atom. The molecule has 0 aliphatic rings. The van der Waals surface area contributed by atoms with Crippen molar-refractivity contribution in [3.8, 4) is 0 Å². The van der Waals surface area contributed by atoms with E-state index >= 15 is 0 Å². The van der Waals surface area contributed by atoms with Gasteiger partial charge in [-0.15, -0.1) is 13.2 Å². The van der Waals surface area contributed by atoms with E-state index in [-0.39, 0.29) is 0 Å². The van der Waals surface area contributed by atoms with Gasteiger partial charge in [0.05, 0.1) is 0 Å². The van der Waals surface area contributed by atoms with Crippen LogP contribution in [0, 0.1) is 11.8 Å². The summed E-state index contributed by atoms with van der Waals surface area (Å²) in [6.07, 6.45) is 5.78. The second kappa shape index (κ2) is 4.51. The summed E-state index contributed by atoms with van der Waals surface area (Å²) in [5.41, 5.74) is 0.819. The second-order valence-electron chi connectivity index (χ2n) is 5.04. The highest BCUT2D eigenvalue weighted by Gasteiger charge is 2.20. The molecule has 0 nitrogen and oxygen atoms in total. The Balaban J connectivity index is 4.29. The van der Waals surface area contributed by atoms with Crippen LogP contribution < -0.4 is 0 Å². The predicted octanol–water partition coefficient (Wildman–Crippen LogP) is 3.77. The van der Waals surface area contributed by atoms with E-state index in [0.29, 0.717) is 0 Å². The van der Waals surface area contributed by atoms with Crippen LogP contribution in [-0.2, 0) is 0 Å². The van der Waals surface area contributed by atoms with Gasteiger partial charge < -0.3 is 0 Å². The molecule has 2 unspecified atom stereocenters. The van der Waals surface area contributed by atoms with Crippen LogP contribution in [0.5, 0.6) is 0 Å². The summed E-state index contributed by atoms with van der Waals surface area (Å²) in [5, 5.41) is 0. The maximum Gasteiger partial charge on any atom is -0.0223 e. The van der Waals surface area contributed by atoms with Gasteiger partial charge in [0.1, 0.15) is 0 Å².